The number of phenolic OH excluding ortho intramolecular Hbond substituents is 2. The zero-order valence-corrected chi connectivity index (χ0v) is 14.6. The number of rotatable bonds is 3. The van der Waals surface area contributed by atoms with Crippen molar-refractivity contribution in [3.05, 3.63) is 27.9 Å². The number of aromatic nitrogens is 1. The fourth-order valence-corrected chi connectivity index (χ4v) is 4.14. The Morgan fingerprint density at radius 2 is 1.95 bits per heavy atom. The molecule has 0 atom stereocenters. The highest BCUT2D eigenvalue weighted by atomic mass is 79.9. The van der Waals surface area contributed by atoms with Crippen LogP contribution in [0.3, 0.4) is 0 Å². The number of hydrogen-bond acceptors (Lipinski definition) is 7. The van der Waals surface area contributed by atoms with Gasteiger partial charge in [0.2, 0.25) is 0 Å². The van der Waals surface area contributed by atoms with E-state index in [1.807, 2.05) is 0 Å². The maximum Gasteiger partial charge on any atom is 0.261 e. The minimum Gasteiger partial charge on any atom is -0.507 e. The van der Waals surface area contributed by atoms with Gasteiger partial charge >= 0.3 is 0 Å². The average Bonchev–Trinajstić information content (AvgIpc) is 2.74. The molecule has 1 heterocycles. The average molecular weight is 407 g/mol. The molecule has 0 saturated carbocycles. The molecule has 118 valence electrons. The highest BCUT2D eigenvalue weighted by molar-refractivity contribution is 9.10. The van der Waals surface area contributed by atoms with Gasteiger partial charge in [0, 0.05) is 12.3 Å². The number of amides is 1. The van der Waals surface area contributed by atoms with Gasteiger partial charge in [0.15, 0.2) is 15.0 Å². The number of aryl methyl sites for hydroxylation is 1. The van der Waals surface area contributed by atoms with E-state index >= 15 is 0 Å². The molecular weight excluding hydrogens is 396 g/mol. The predicted molar refractivity (Wildman–Crippen MR) is 85.4 cm³/mol. The first-order chi connectivity index (χ1) is 10.1. The summed E-state index contributed by atoms with van der Waals surface area (Å²) in [6, 6.07) is 2.27. The molecule has 2 rings (SSSR count). The van der Waals surface area contributed by atoms with Gasteiger partial charge in [0.05, 0.1) is 15.7 Å². The van der Waals surface area contributed by atoms with E-state index in [1.165, 1.54) is 13.0 Å². The van der Waals surface area contributed by atoms with Gasteiger partial charge in [-0.25, -0.2) is 13.4 Å². The Balaban J connectivity index is 2.32. The third kappa shape index (κ3) is 3.39. The van der Waals surface area contributed by atoms with Crippen LogP contribution in [0.1, 0.15) is 16.1 Å². The van der Waals surface area contributed by atoms with Crippen LogP contribution in [0.4, 0.5) is 5.13 Å². The Kier molecular flexibility index (Phi) is 4.45. The second kappa shape index (κ2) is 5.86. The predicted octanol–water partition coefficient (Wildman–Crippen LogP) is 2.28. The monoisotopic (exact) mass is 406 g/mol. The van der Waals surface area contributed by atoms with Gasteiger partial charge in [0.25, 0.3) is 5.91 Å². The highest BCUT2D eigenvalue weighted by Crippen LogP contribution is 2.32. The number of carbonyl (C=O) groups excluding carboxylic acids is 1. The Morgan fingerprint density at radius 1 is 1.32 bits per heavy atom. The minimum absolute atomic E-state index is 0.0684. The number of nitrogens with zero attached hydrogens (tertiary/aromatic N) is 1. The van der Waals surface area contributed by atoms with Gasteiger partial charge in [-0.1, -0.05) is 11.3 Å². The second-order valence-corrected chi connectivity index (χ2v) is 8.50. The highest BCUT2D eigenvalue weighted by Gasteiger charge is 2.20. The molecule has 22 heavy (non-hydrogen) atoms. The molecule has 1 aromatic heterocycles. The number of nitrogens with one attached hydrogen (secondary N) is 1. The number of thiazole rings is 1. The fraction of sp³-hybridized carbons (Fsp3) is 0.167. The summed E-state index contributed by atoms with van der Waals surface area (Å²) < 4.78 is 23.4. The maximum absolute atomic E-state index is 12.1. The summed E-state index contributed by atoms with van der Waals surface area (Å²) in [6.07, 6.45) is 1.06. The molecule has 0 spiro atoms. The van der Waals surface area contributed by atoms with Crippen LogP contribution in [0, 0.1) is 6.92 Å². The van der Waals surface area contributed by atoms with Crippen LogP contribution in [0.2, 0.25) is 0 Å². The third-order valence-corrected chi connectivity index (χ3v) is 6.25. The van der Waals surface area contributed by atoms with Crippen molar-refractivity contribution in [3.8, 4) is 11.5 Å². The van der Waals surface area contributed by atoms with Gasteiger partial charge in [0.1, 0.15) is 15.7 Å². The summed E-state index contributed by atoms with van der Waals surface area (Å²) in [5.41, 5.74) is 0.206. The first-order valence-corrected chi connectivity index (χ1v) is 9.30. The molecule has 10 heteroatoms. The van der Waals surface area contributed by atoms with Crippen LogP contribution in [0.15, 0.2) is 20.8 Å². The number of halogens is 1. The summed E-state index contributed by atoms with van der Waals surface area (Å²) in [4.78, 5) is 16.1. The second-order valence-electron chi connectivity index (χ2n) is 4.44. The Labute approximate surface area is 138 Å². The van der Waals surface area contributed by atoms with Crippen molar-refractivity contribution < 1.29 is 23.4 Å². The van der Waals surface area contributed by atoms with Gasteiger partial charge in [-0.05, 0) is 28.9 Å². The van der Waals surface area contributed by atoms with E-state index in [1.54, 1.807) is 0 Å². The number of aromatic hydroxyl groups is 2. The molecule has 0 bridgehead atoms. The molecule has 2 aromatic rings. The van der Waals surface area contributed by atoms with Crippen molar-refractivity contribution in [2.45, 2.75) is 11.1 Å². The summed E-state index contributed by atoms with van der Waals surface area (Å²) in [5, 5.41) is 21.6. The van der Waals surface area contributed by atoms with Crippen LogP contribution in [-0.4, -0.2) is 35.8 Å². The SMILES string of the molecule is Cc1nc(NC(=O)c2cc(Br)c(O)cc2O)sc1S(C)(=O)=O. The van der Waals surface area contributed by atoms with Gasteiger partial charge < -0.3 is 10.2 Å². The third-order valence-electron chi connectivity index (χ3n) is 2.62. The summed E-state index contributed by atoms with van der Waals surface area (Å²) >= 11 is 3.87. The first kappa shape index (κ1) is 16.7. The lowest BCUT2D eigenvalue weighted by molar-refractivity contribution is 0.102. The standard InChI is InChI=1S/C12H11BrN2O5S2/c1-5-11(22(2,19)20)21-12(14-5)15-10(18)6-3-7(13)9(17)4-8(6)16/h3-4,16-17H,1-2H3,(H,14,15,18). The number of carbonyl (C=O) groups is 1. The van der Waals surface area contributed by atoms with E-state index in [0.717, 1.165) is 23.7 Å². The number of hydrogen-bond donors (Lipinski definition) is 3. The molecule has 0 aliphatic carbocycles. The molecule has 0 fully saturated rings. The molecule has 0 saturated heterocycles. The van der Waals surface area contributed by atoms with Crippen LogP contribution >= 0.6 is 27.3 Å². The lowest BCUT2D eigenvalue weighted by Gasteiger charge is -2.06. The minimum atomic E-state index is -3.42. The number of anilines is 1. The molecule has 1 aromatic carbocycles. The van der Waals surface area contributed by atoms with E-state index in [0.29, 0.717) is 5.69 Å². The maximum atomic E-state index is 12.1. The normalized spacial score (nSPS) is 11.4. The van der Waals surface area contributed by atoms with E-state index in [-0.39, 0.29) is 25.1 Å². The van der Waals surface area contributed by atoms with E-state index in [9.17, 15) is 23.4 Å². The van der Waals surface area contributed by atoms with Crippen molar-refractivity contribution in [1.82, 2.24) is 4.98 Å². The largest absolute Gasteiger partial charge is 0.507 e. The Hall–Kier alpha value is -1.65. The number of phenols is 2. The molecule has 1 amide bonds. The fourth-order valence-electron chi connectivity index (χ4n) is 1.68. The molecule has 0 unspecified atom stereocenters. The zero-order valence-electron chi connectivity index (χ0n) is 11.4. The van der Waals surface area contributed by atoms with Crippen molar-refractivity contribution >= 4 is 48.1 Å². The quantitative estimate of drug-likeness (QED) is 0.719. The zero-order chi connectivity index (χ0) is 16.7. The molecule has 0 radical (unpaired) electrons. The number of sulfone groups is 1. The smallest absolute Gasteiger partial charge is 0.261 e. The van der Waals surface area contributed by atoms with Gasteiger partial charge in [-0.2, -0.15) is 0 Å². The van der Waals surface area contributed by atoms with Gasteiger partial charge in [-0.15, -0.1) is 0 Å². The lowest BCUT2D eigenvalue weighted by atomic mass is 10.2. The van der Waals surface area contributed by atoms with Crippen molar-refractivity contribution in [2.75, 3.05) is 11.6 Å². The van der Waals surface area contributed by atoms with E-state index < -0.39 is 21.5 Å². The van der Waals surface area contributed by atoms with Crippen LogP contribution in [0.25, 0.3) is 0 Å². The molecule has 7 nitrogen and oxygen atoms in total. The summed E-state index contributed by atoms with van der Waals surface area (Å²) in [7, 11) is -3.42. The molecule has 0 aliphatic rings. The number of benzene rings is 1. The summed E-state index contributed by atoms with van der Waals surface area (Å²) in [5.74, 6) is -1.29. The van der Waals surface area contributed by atoms with Crippen LogP contribution in [-0.2, 0) is 9.84 Å². The van der Waals surface area contributed by atoms with E-state index in [2.05, 4.69) is 26.2 Å². The lowest BCUT2D eigenvalue weighted by Crippen LogP contribution is -2.12. The van der Waals surface area contributed by atoms with Crippen molar-refractivity contribution in [1.29, 1.82) is 0 Å². The summed E-state index contributed by atoms with van der Waals surface area (Å²) in [6.45, 7) is 1.52. The molecule has 0 aliphatic heterocycles. The molecular formula is C12H11BrN2O5S2. The van der Waals surface area contributed by atoms with Crippen molar-refractivity contribution in [2.24, 2.45) is 0 Å². The van der Waals surface area contributed by atoms with Gasteiger partial charge in [-0.3, -0.25) is 10.1 Å². The van der Waals surface area contributed by atoms with Crippen LogP contribution in [0.5, 0.6) is 11.5 Å². The van der Waals surface area contributed by atoms with Crippen molar-refractivity contribution in [3.63, 3.8) is 0 Å². The van der Waals surface area contributed by atoms with Crippen LogP contribution < -0.4 is 5.32 Å². The molecule has 3 N–H and O–H groups in total. The van der Waals surface area contributed by atoms with E-state index in [4.69, 9.17) is 0 Å². The Morgan fingerprint density at radius 3 is 2.50 bits per heavy atom. The Bertz CT molecular complexity index is 861. The topological polar surface area (TPSA) is 117 Å². The first-order valence-electron chi connectivity index (χ1n) is 5.80.